The predicted molar refractivity (Wildman–Crippen MR) is 69.9 cm³/mol. The van der Waals surface area contributed by atoms with Crippen LogP contribution in [0.2, 0.25) is 0 Å². The van der Waals surface area contributed by atoms with Gasteiger partial charge in [0.1, 0.15) is 0 Å². The number of hydrogen-bond acceptors (Lipinski definition) is 2. The predicted octanol–water partition coefficient (Wildman–Crippen LogP) is 2.81. The molecule has 1 amide bonds. The highest BCUT2D eigenvalue weighted by Gasteiger charge is 2.20. The second-order valence-corrected chi connectivity index (χ2v) is 4.71. The van der Waals surface area contributed by atoms with Crippen molar-refractivity contribution in [3.8, 4) is 0 Å². The normalized spacial score (nSPS) is 17.8. The zero-order valence-corrected chi connectivity index (χ0v) is 10.7. The minimum Gasteiger partial charge on any atom is -0.373 e. The fraction of sp³-hybridized carbons (Fsp3) is 0.786. The van der Waals surface area contributed by atoms with Crippen LogP contribution in [0.4, 0.5) is 0 Å². The van der Waals surface area contributed by atoms with Crippen molar-refractivity contribution in [3.63, 3.8) is 0 Å². The van der Waals surface area contributed by atoms with Crippen LogP contribution < -0.4 is 5.32 Å². The van der Waals surface area contributed by atoms with E-state index in [1.165, 1.54) is 51.0 Å². The van der Waals surface area contributed by atoms with Crippen LogP contribution in [0.5, 0.6) is 0 Å². The Kier molecular flexibility index (Phi) is 7.72. The summed E-state index contributed by atoms with van der Waals surface area (Å²) in [4.78, 5) is 10.8. The van der Waals surface area contributed by atoms with Gasteiger partial charge in [-0.15, -0.1) is 0 Å². The van der Waals surface area contributed by atoms with Crippen molar-refractivity contribution in [1.82, 2.24) is 5.32 Å². The molecule has 1 aliphatic heterocycles. The molecule has 1 heterocycles. The highest BCUT2D eigenvalue weighted by Crippen LogP contribution is 2.18. The smallest absolute Gasteiger partial charge is 0.243 e. The maximum Gasteiger partial charge on any atom is 0.243 e. The van der Waals surface area contributed by atoms with Crippen molar-refractivity contribution >= 4 is 5.91 Å². The van der Waals surface area contributed by atoms with E-state index in [-0.39, 0.29) is 5.91 Å². The molecule has 1 atom stereocenters. The highest BCUT2D eigenvalue weighted by atomic mass is 16.6. The van der Waals surface area contributed by atoms with Crippen LogP contribution in [-0.2, 0) is 9.53 Å². The van der Waals surface area contributed by atoms with Gasteiger partial charge >= 0.3 is 0 Å². The number of hydrogen-bond donors (Lipinski definition) is 1. The van der Waals surface area contributed by atoms with Crippen molar-refractivity contribution in [2.75, 3.05) is 13.2 Å². The largest absolute Gasteiger partial charge is 0.373 e. The molecule has 1 unspecified atom stereocenters. The minimum atomic E-state index is -0.0627. The van der Waals surface area contributed by atoms with Crippen molar-refractivity contribution in [3.05, 3.63) is 12.7 Å². The van der Waals surface area contributed by atoms with E-state index in [0.29, 0.717) is 6.10 Å². The molecule has 0 aromatic carbocycles. The molecule has 1 saturated heterocycles. The van der Waals surface area contributed by atoms with Crippen molar-refractivity contribution in [1.29, 1.82) is 0 Å². The summed E-state index contributed by atoms with van der Waals surface area (Å²) >= 11 is 0. The number of epoxide rings is 1. The lowest BCUT2D eigenvalue weighted by Crippen LogP contribution is -2.21. The Bertz CT molecular complexity index is 224. The number of carbonyl (C=O) groups is 1. The standard InChI is InChI=1S/C14H25NO2/c1-2-14(16)15-11-9-7-5-3-4-6-8-10-13-12-17-13/h2,13H,1,3-12H2,(H,15,16). The van der Waals surface area contributed by atoms with Gasteiger partial charge in [-0.25, -0.2) is 0 Å². The Balaban J connectivity index is 1.68. The average molecular weight is 239 g/mol. The summed E-state index contributed by atoms with van der Waals surface area (Å²) in [7, 11) is 0. The van der Waals surface area contributed by atoms with Crippen LogP contribution >= 0.6 is 0 Å². The van der Waals surface area contributed by atoms with Gasteiger partial charge in [0.2, 0.25) is 5.91 Å². The second-order valence-electron chi connectivity index (χ2n) is 4.71. The first-order valence-electron chi connectivity index (χ1n) is 6.85. The summed E-state index contributed by atoms with van der Waals surface area (Å²) in [6, 6.07) is 0. The lowest BCUT2D eigenvalue weighted by atomic mass is 10.1. The SMILES string of the molecule is C=CC(=O)NCCCCCCCCCC1CO1. The molecule has 1 fully saturated rings. The van der Waals surface area contributed by atoms with Gasteiger partial charge in [-0.3, -0.25) is 4.79 Å². The van der Waals surface area contributed by atoms with E-state index in [0.717, 1.165) is 19.6 Å². The van der Waals surface area contributed by atoms with E-state index in [2.05, 4.69) is 11.9 Å². The van der Waals surface area contributed by atoms with Gasteiger partial charge in [0, 0.05) is 6.54 Å². The van der Waals surface area contributed by atoms with E-state index in [4.69, 9.17) is 4.74 Å². The summed E-state index contributed by atoms with van der Waals surface area (Å²) < 4.78 is 5.17. The number of unbranched alkanes of at least 4 members (excludes halogenated alkanes) is 6. The molecule has 0 radical (unpaired) electrons. The molecule has 0 bridgehead atoms. The second kappa shape index (κ2) is 9.23. The van der Waals surface area contributed by atoms with Crippen LogP contribution in [0.15, 0.2) is 12.7 Å². The van der Waals surface area contributed by atoms with Crippen LogP contribution in [0.25, 0.3) is 0 Å². The molecule has 0 aliphatic carbocycles. The van der Waals surface area contributed by atoms with Gasteiger partial charge in [0.25, 0.3) is 0 Å². The topological polar surface area (TPSA) is 41.6 Å². The maximum atomic E-state index is 10.8. The lowest BCUT2D eigenvalue weighted by Gasteiger charge is -2.02. The van der Waals surface area contributed by atoms with E-state index >= 15 is 0 Å². The molecule has 0 aromatic rings. The Morgan fingerprint density at radius 1 is 1.18 bits per heavy atom. The molecule has 0 saturated carbocycles. The zero-order valence-electron chi connectivity index (χ0n) is 10.7. The number of amides is 1. The Morgan fingerprint density at radius 2 is 1.76 bits per heavy atom. The number of nitrogens with one attached hydrogen (secondary N) is 1. The molecular weight excluding hydrogens is 214 g/mol. The van der Waals surface area contributed by atoms with E-state index in [1.807, 2.05) is 0 Å². The van der Waals surface area contributed by atoms with Crippen molar-refractivity contribution in [2.24, 2.45) is 0 Å². The summed E-state index contributed by atoms with van der Waals surface area (Å²) in [5.74, 6) is -0.0627. The third-order valence-corrected chi connectivity index (χ3v) is 3.09. The van der Waals surface area contributed by atoms with Crippen LogP contribution in [0.3, 0.4) is 0 Å². The van der Waals surface area contributed by atoms with Crippen LogP contribution in [0.1, 0.15) is 51.4 Å². The van der Waals surface area contributed by atoms with E-state index in [9.17, 15) is 4.79 Å². The number of rotatable bonds is 11. The zero-order chi connectivity index (χ0) is 12.3. The maximum absolute atomic E-state index is 10.8. The van der Waals surface area contributed by atoms with E-state index < -0.39 is 0 Å². The molecular formula is C14H25NO2. The van der Waals surface area contributed by atoms with Crippen LogP contribution in [-0.4, -0.2) is 25.2 Å². The van der Waals surface area contributed by atoms with E-state index in [1.54, 1.807) is 0 Å². The third-order valence-electron chi connectivity index (χ3n) is 3.09. The summed E-state index contributed by atoms with van der Waals surface area (Å²) in [6.07, 6.45) is 12.1. The summed E-state index contributed by atoms with van der Waals surface area (Å²) in [6.45, 7) is 5.19. The number of ether oxygens (including phenoxy) is 1. The van der Waals surface area contributed by atoms with Crippen molar-refractivity contribution < 1.29 is 9.53 Å². The molecule has 98 valence electrons. The lowest BCUT2D eigenvalue weighted by molar-refractivity contribution is -0.116. The van der Waals surface area contributed by atoms with Crippen molar-refractivity contribution in [2.45, 2.75) is 57.5 Å². The fourth-order valence-electron chi connectivity index (χ4n) is 1.90. The molecule has 0 spiro atoms. The van der Waals surface area contributed by atoms with Crippen LogP contribution in [0, 0.1) is 0 Å². The summed E-state index contributed by atoms with van der Waals surface area (Å²) in [5, 5.41) is 2.79. The van der Waals surface area contributed by atoms with Gasteiger partial charge in [-0.05, 0) is 18.9 Å². The summed E-state index contributed by atoms with van der Waals surface area (Å²) in [5.41, 5.74) is 0. The molecule has 1 aliphatic rings. The van der Waals surface area contributed by atoms with Gasteiger partial charge in [-0.1, -0.05) is 45.1 Å². The average Bonchev–Trinajstić information content (AvgIpc) is 3.15. The first kappa shape index (κ1) is 14.2. The Labute approximate surface area is 105 Å². The molecule has 3 nitrogen and oxygen atoms in total. The van der Waals surface area contributed by atoms with Gasteiger partial charge in [0.15, 0.2) is 0 Å². The minimum absolute atomic E-state index is 0.0627. The van der Waals surface area contributed by atoms with Gasteiger partial charge in [0.05, 0.1) is 12.7 Å². The molecule has 0 aromatic heterocycles. The Hall–Kier alpha value is -0.830. The first-order valence-corrected chi connectivity index (χ1v) is 6.85. The number of carbonyl (C=O) groups excluding carboxylic acids is 1. The first-order chi connectivity index (χ1) is 8.33. The highest BCUT2D eigenvalue weighted by molar-refractivity contribution is 5.86. The molecule has 1 rings (SSSR count). The Morgan fingerprint density at radius 3 is 2.35 bits per heavy atom. The van der Waals surface area contributed by atoms with Gasteiger partial charge in [-0.2, -0.15) is 0 Å². The molecule has 3 heteroatoms. The quantitative estimate of drug-likeness (QED) is 0.342. The monoisotopic (exact) mass is 239 g/mol. The molecule has 1 N–H and O–H groups in total. The molecule has 17 heavy (non-hydrogen) atoms. The van der Waals surface area contributed by atoms with Gasteiger partial charge < -0.3 is 10.1 Å². The third kappa shape index (κ3) is 8.93. The fourth-order valence-corrected chi connectivity index (χ4v) is 1.90.